The summed E-state index contributed by atoms with van der Waals surface area (Å²) < 4.78 is 5.63. The maximum atomic E-state index is 13.3. The summed E-state index contributed by atoms with van der Waals surface area (Å²) in [6.07, 6.45) is 7.52. The molecule has 4 nitrogen and oxygen atoms in total. The number of ether oxygens (including phenoxy) is 1. The molecule has 5 fully saturated rings. The molecule has 4 saturated carbocycles. The first-order valence-electron chi connectivity index (χ1n) is 8.63. The predicted molar refractivity (Wildman–Crippen MR) is 80.6 cm³/mol. The van der Waals surface area contributed by atoms with Crippen molar-refractivity contribution in [3.8, 4) is 0 Å². The molecule has 1 aliphatic heterocycles. The molecule has 0 aromatic heterocycles. The summed E-state index contributed by atoms with van der Waals surface area (Å²) in [5.41, 5.74) is 6.11. The van der Waals surface area contributed by atoms with E-state index in [0.717, 1.165) is 37.6 Å². The van der Waals surface area contributed by atoms with Gasteiger partial charge in [-0.2, -0.15) is 0 Å². The molecule has 4 aliphatic carbocycles. The summed E-state index contributed by atoms with van der Waals surface area (Å²) in [5.74, 6) is 2.02. The van der Waals surface area contributed by atoms with Crippen LogP contribution in [0.25, 0.3) is 0 Å². The van der Waals surface area contributed by atoms with E-state index in [0.29, 0.717) is 31.0 Å². The van der Waals surface area contributed by atoms with Gasteiger partial charge in [0.15, 0.2) is 0 Å². The van der Waals surface area contributed by atoms with Gasteiger partial charge in [0.05, 0.1) is 18.1 Å². The van der Waals surface area contributed by atoms with Gasteiger partial charge in [0, 0.05) is 19.6 Å². The maximum Gasteiger partial charge on any atom is 0.228 e. The van der Waals surface area contributed by atoms with Crippen molar-refractivity contribution in [1.82, 2.24) is 4.90 Å². The minimum absolute atomic E-state index is 0.0344. The van der Waals surface area contributed by atoms with E-state index in [9.17, 15) is 4.79 Å². The van der Waals surface area contributed by atoms with Gasteiger partial charge in [0.2, 0.25) is 5.91 Å². The Morgan fingerprint density at radius 2 is 2.00 bits per heavy atom. The monoisotopic (exact) mass is 292 g/mol. The molecule has 0 aromatic rings. The van der Waals surface area contributed by atoms with Gasteiger partial charge in [0.25, 0.3) is 0 Å². The fraction of sp³-hybridized carbons (Fsp3) is 0.941. The first-order chi connectivity index (χ1) is 10.0. The summed E-state index contributed by atoms with van der Waals surface area (Å²) in [4.78, 5) is 15.4. The second-order valence-electron chi connectivity index (χ2n) is 8.53. The number of amides is 1. The van der Waals surface area contributed by atoms with E-state index in [1.165, 1.54) is 19.3 Å². The number of nitrogens with zero attached hydrogens (tertiary/aromatic N) is 1. The first-order valence-corrected chi connectivity index (χ1v) is 8.63. The molecule has 5 rings (SSSR count). The molecular formula is C17H28N2O2. The molecular weight excluding hydrogens is 264 g/mol. The summed E-state index contributed by atoms with van der Waals surface area (Å²) in [5, 5.41) is 0. The van der Waals surface area contributed by atoms with Crippen molar-refractivity contribution in [2.24, 2.45) is 28.4 Å². The fourth-order valence-corrected chi connectivity index (χ4v) is 6.35. The van der Waals surface area contributed by atoms with Crippen molar-refractivity contribution in [3.05, 3.63) is 0 Å². The Morgan fingerprint density at radius 3 is 2.62 bits per heavy atom. The highest BCUT2D eigenvalue weighted by molar-refractivity contribution is 5.83. The SMILES string of the molecule is CC12CC3CC(C1)CC(C(=O)N1CCOC(CN)C1)(C3)C2. The first kappa shape index (κ1) is 14.0. The Bertz CT molecular complexity index is 436. The Hall–Kier alpha value is -0.610. The van der Waals surface area contributed by atoms with Crippen molar-refractivity contribution in [2.75, 3.05) is 26.2 Å². The number of rotatable bonds is 2. The smallest absolute Gasteiger partial charge is 0.228 e. The lowest BCUT2D eigenvalue weighted by atomic mass is 9.44. The molecule has 4 heteroatoms. The highest BCUT2D eigenvalue weighted by Crippen LogP contribution is 2.65. The maximum absolute atomic E-state index is 13.3. The molecule has 1 saturated heterocycles. The average molecular weight is 292 g/mol. The van der Waals surface area contributed by atoms with Crippen LogP contribution in [-0.2, 0) is 9.53 Å². The molecule has 5 aliphatic rings. The zero-order chi connectivity index (χ0) is 14.7. The van der Waals surface area contributed by atoms with Crippen LogP contribution >= 0.6 is 0 Å². The van der Waals surface area contributed by atoms with Gasteiger partial charge in [-0.25, -0.2) is 0 Å². The minimum Gasteiger partial charge on any atom is -0.373 e. The topological polar surface area (TPSA) is 55.6 Å². The summed E-state index contributed by atoms with van der Waals surface area (Å²) >= 11 is 0. The molecule has 21 heavy (non-hydrogen) atoms. The van der Waals surface area contributed by atoms with Crippen molar-refractivity contribution >= 4 is 5.91 Å². The van der Waals surface area contributed by atoms with Crippen LogP contribution in [-0.4, -0.2) is 43.2 Å². The highest BCUT2D eigenvalue weighted by atomic mass is 16.5. The molecule has 0 radical (unpaired) electrons. The van der Waals surface area contributed by atoms with Gasteiger partial charge in [-0.1, -0.05) is 6.92 Å². The van der Waals surface area contributed by atoms with E-state index < -0.39 is 0 Å². The van der Waals surface area contributed by atoms with Crippen molar-refractivity contribution in [2.45, 2.75) is 51.6 Å². The number of hydrogen-bond donors (Lipinski definition) is 1. The molecule has 3 atom stereocenters. The quantitative estimate of drug-likeness (QED) is 0.844. The van der Waals surface area contributed by atoms with E-state index in [-0.39, 0.29) is 11.5 Å². The molecule has 1 heterocycles. The van der Waals surface area contributed by atoms with Crippen LogP contribution < -0.4 is 5.73 Å². The number of carbonyl (C=O) groups excluding carboxylic acids is 1. The second kappa shape index (κ2) is 4.69. The number of carbonyl (C=O) groups is 1. The van der Waals surface area contributed by atoms with Crippen LogP contribution in [0.3, 0.4) is 0 Å². The fourth-order valence-electron chi connectivity index (χ4n) is 6.35. The van der Waals surface area contributed by atoms with Crippen LogP contribution in [0.15, 0.2) is 0 Å². The van der Waals surface area contributed by atoms with E-state index in [4.69, 9.17) is 10.5 Å². The van der Waals surface area contributed by atoms with E-state index in [2.05, 4.69) is 11.8 Å². The van der Waals surface area contributed by atoms with E-state index in [1.807, 2.05) is 0 Å². The predicted octanol–water partition coefficient (Wildman–Crippen LogP) is 1.78. The molecule has 2 N–H and O–H groups in total. The zero-order valence-corrected chi connectivity index (χ0v) is 13.1. The van der Waals surface area contributed by atoms with Gasteiger partial charge >= 0.3 is 0 Å². The second-order valence-corrected chi connectivity index (χ2v) is 8.53. The van der Waals surface area contributed by atoms with E-state index in [1.54, 1.807) is 0 Å². The third-order valence-corrected chi connectivity index (χ3v) is 6.50. The zero-order valence-electron chi connectivity index (χ0n) is 13.1. The Labute approximate surface area is 127 Å². The Balaban J connectivity index is 1.56. The third kappa shape index (κ3) is 2.22. The molecule has 3 unspecified atom stereocenters. The molecule has 0 spiro atoms. The minimum atomic E-state index is -0.0463. The molecule has 4 bridgehead atoms. The lowest BCUT2D eigenvalue weighted by Crippen LogP contribution is -2.60. The van der Waals surface area contributed by atoms with Crippen LogP contribution in [0.1, 0.15) is 45.4 Å². The summed E-state index contributed by atoms with van der Waals surface area (Å²) in [6.45, 7) is 5.04. The van der Waals surface area contributed by atoms with Gasteiger partial charge in [0.1, 0.15) is 0 Å². The normalized spacial score (nSPS) is 48.7. The van der Waals surface area contributed by atoms with Gasteiger partial charge in [-0.3, -0.25) is 4.79 Å². The number of morpholine rings is 1. The van der Waals surface area contributed by atoms with E-state index >= 15 is 0 Å². The number of nitrogens with two attached hydrogens (primary N) is 1. The van der Waals surface area contributed by atoms with Crippen molar-refractivity contribution in [1.29, 1.82) is 0 Å². The highest BCUT2D eigenvalue weighted by Gasteiger charge is 2.59. The lowest BCUT2D eigenvalue weighted by molar-refractivity contribution is -0.171. The van der Waals surface area contributed by atoms with Crippen molar-refractivity contribution < 1.29 is 9.53 Å². The molecule has 0 aromatic carbocycles. The number of hydrogen-bond acceptors (Lipinski definition) is 3. The lowest BCUT2D eigenvalue weighted by Gasteiger charge is -2.61. The van der Waals surface area contributed by atoms with Crippen LogP contribution in [0.4, 0.5) is 0 Å². The summed E-state index contributed by atoms with van der Waals surface area (Å²) in [6, 6.07) is 0. The Kier molecular flexibility index (Phi) is 3.13. The van der Waals surface area contributed by atoms with Crippen molar-refractivity contribution in [3.63, 3.8) is 0 Å². The Morgan fingerprint density at radius 1 is 1.29 bits per heavy atom. The third-order valence-electron chi connectivity index (χ3n) is 6.50. The van der Waals surface area contributed by atoms with Gasteiger partial charge < -0.3 is 15.4 Å². The van der Waals surface area contributed by atoms with Gasteiger partial charge in [-0.15, -0.1) is 0 Å². The van der Waals surface area contributed by atoms with Crippen LogP contribution in [0.2, 0.25) is 0 Å². The standard InChI is InChI=1S/C17H28N2O2/c1-16-5-12-4-13(6-16)8-17(7-12,11-16)15(20)19-2-3-21-14(9-18)10-19/h12-14H,2-11,18H2,1H3. The van der Waals surface area contributed by atoms with Gasteiger partial charge in [-0.05, 0) is 55.8 Å². The molecule has 1 amide bonds. The molecule has 118 valence electrons. The average Bonchev–Trinajstić information content (AvgIpc) is 2.44. The largest absolute Gasteiger partial charge is 0.373 e. The van der Waals surface area contributed by atoms with Crippen LogP contribution in [0, 0.1) is 22.7 Å². The summed E-state index contributed by atoms with van der Waals surface area (Å²) in [7, 11) is 0. The van der Waals surface area contributed by atoms with Crippen LogP contribution in [0.5, 0.6) is 0 Å².